The molecular weight excluding hydrogens is 298 g/mol. The highest BCUT2D eigenvalue weighted by atomic mass is 16.5. The van der Waals surface area contributed by atoms with Crippen LogP contribution in [0.1, 0.15) is 55.9 Å². The van der Waals surface area contributed by atoms with E-state index in [0.717, 1.165) is 50.2 Å². The van der Waals surface area contributed by atoms with Crippen molar-refractivity contribution in [1.82, 2.24) is 4.98 Å². The Morgan fingerprint density at radius 1 is 0.833 bits per heavy atom. The molecule has 1 atom stereocenters. The van der Waals surface area contributed by atoms with Crippen molar-refractivity contribution < 1.29 is 9.84 Å². The van der Waals surface area contributed by atoms with E-state index in [4.69, 9.17) is 4.74 Å². The van der Waals surface area contributed by atoms with Gasteiger partial charge in [-0.25, -0.2) is 0 Å². The van der Waals surface area contributed by atoms with E-state index in [1.807, 2.05) is 54.7 Å². The summed E-state index contributed by atoms with van der Waals surface area (Å²) in [7, 11) is 0. The van der Waals surface area contributed by atoms with Crippen LogP contribution in [0.2, 0.25) is 0 Å². The Kier molecular flexibility index (Phi) is 9.13. The topological polar surface area (TPSA) is 42.4 Å². The van der Waals surface area contributed by atoms with Crippen molar-refractivity contribution in [1.29, 1.82) is 0 Å². The largest absolute Gasteiger partial charge is 0.388 e. The Labute approximate surface area is 145 Å². The predicted octanol–water partition coefficient (Wildman–Crippen LogP) is 4.71. The van der Waals surface area contributed by atoms with Crippen LogP contribution in [0.3, 0.4) is 0 Å². The lowest BCUT2D eigenvalue weighted by Gasteiger charge is -2.10. The fourth-order valence-corrected chi connectivity index (χ4v) is 2.74. The minimum atomic E-state index is -0.318. The van der Waals surface area contributed by atoms with Crippen molar-refractivity contribution in [3.8, 4) is 0 Å². The van der Waals surface area contributed by atoms with Crippen LogP contribution in [0.4, 0.5) is 0 Å². The lowest BCUT2D eigenvalue weighted by Crippen LogP contribution is -2.01. The summed E-state index contributed by atoms with van der Waals surface area (Å²) in [4.78, 5) is 4.28. The van der Waals surface area contributed by atoms with E-state index in [9.17, 15) is 5.11 Å². The van der Waals surface area contributed by atoms with Crippen molar-refractivity contribution in [2.45, 2.75) is 51.0 Å². The molecular formula is C21H29NO2. The summed E-state index contributed by atoms with van der Waals surface area (Å²) in [6.07, 6.45) is 9.03. The standard InChI is InChI=1S/C21H29NO2/c23-21(19-11-5-4-6-12-19)14-7-2-1-3-10-17-24-18-15-20-13-8-9-16-22-20/h4-6,8-9,11-13,16,21,23H,1-3,7,10,14-15,17-18H2. The zero-order valence-corrected chi connectivity index (χ0v) is 14.4. The van der Waals surface area contributed by atoms with Gasteiger partial charge in [0, 0.05) is 24.9 Å². The number of hydrogen-bond donors (Lipinski definition) is 1. The van der Waals surface area contributed by atoms with Crippen LogP contribution in [0.25, 0.3) is 0 Å². The van der Waals surface area contributed by atoms with E-state index in [1.165, 1.54) is 19.3 Å². The first kappa shape index (κ1) is 18.6. The van der Waals surface area contributed by atoms with Crippen LogP contribution in [0.5, 0.6) is 0 Å². The second-order valence-electron chi connectivity index (χ2n) is 6.17. The van der Waals surface area contributed by atoms with E-state index < -0.39 is 0 Å². The van der Waals surface area contributed by atoms with Gasteiger partial charge in [0.15, 0.2) is 0 Å². The number of aliphatic hydroxyl groups excluding tert-OH is 1. The molecule has 0 saturated heterocycles. The van der Waals surface area contributed by atoms with E-state index >= 15 is 0 Å². The molecule has 3 nitrogen and oxygen atoms in total. The minimum Gasteiger partial charge on any atom is -0.388 e. The van der Waals surface area contributed by atoms with Gasteiger partial charge in [0.2, 0.25) is 0 Å². The molecule has 0 bridgehead atoms. The van der Waals surface area contributed by atoms with Crippen LogP contribution in [-0.4, -0.2) is 23.3 Å². The number of aliphatic hydroxyl groups is 1. The van der Waals surface area contributed by atoms with Gasteiger partial charge in [-0.15, -0.1) is 0 Å². The van der Waals surface area contributed by atoms with E-state index in [0.29, 0.717) is 0 Å². The summed E-state index contributed by atoms with van der Waals surface area (Å²) >= 11 is 0. The van der Waals surface area contributed by atoms with Crippen molar-refractivity contribution in [2.24, 2.45) is 0 Å². The number of ether oxygens (including phenoxy) is 1. The van der Waals surface area contributed by atoms with Crippen LogP contribution in [-0.2, 0) is 11.2 Å². The molecule has 0 amide bonds. The van der Waals surface area contributed by atoms with E-state index in [2.05, 4.69) is 4.98 Å². The lowest BCUT2D eigenvalue weighted by molar-refractivity contribution is 0.132. The molecule has 0 fully saturated rings. The second kappa shape index (κ2) is 11.8. The second-order valence-corrected chi connectivity index (χ2v) is 6.17. The highest BCUT2D eigenvalue weighted by Crippen LogP contribution is 2.19. The molecule has 0 spiro atoms. The zero-order chi connectivity index (χ0) is 16.9. The van der Waals surface area contributed by atoms with Gasteiger partial charge in [-0.3, -0.25) is 4.98 Å². The summed E-state index contributed by atoms with van der Waals surface area (Å²) in [5.74, 6) is 0. The first-order valence-electron chi connectivity index (χ1n) is 9.07. The number of rotatable bonds is 12. The maximum atomic E-state index is 10.1. The summed E-state index contributed by atoms with van der Waals surface area (Å²) in [5, 5.41) is 10.1. The SMILES string of the molecule is OC(CCCCCCCOCCc1ccccn1)c1ccccc1. The van der Waals surface area contributed by atoms with Crippen LogP contribution in [0.15, 0.2) is 54.7 Å². The molecule has 130 valence electrons. The molecule has 1 heterocycles. The van der Waals surface area contributed by atoms with Crippen molar-refractivity contribution in [3.05, 3.63) is 66.0 Å². The number of unbranched alkanes of at least 4 members (excludes halogenated alkanes) is 4. The van der Waals surface area contributed by atoms with Gasteiger partial charge < -0.3 is 9.84 Å². The van der Waals surface area contributed by atoms with Gasteiger partial charge in [0.25, 0.3) is 0 Å². The number of hydrogen-bond acceptors (Lipinski definition) is 3. The zero-order valence-electron chi connectivity index (χ0n) is 14.4. The molecule has 0 aliphatic rings. The Balaban J connectivity index is 1.39. The Hall–Kier alpha value is -1.71. The Bertz CT molecular complexity index is 530. The fraction of sp³-hybridized carbons (Fsp3) is 0.476. The average molecular weight is 327 g/mol. The fourth-order valence-electron chi connectivity index (χ4n) is 2.74. The molecule has 1 unspecified atom stereocenters. The van der Waals surface area contributed by atoms with Gasteiger partial charge in [-0.05, 0) is 30.5 Å². The molecule has 0 aliphatic heterocycles. The third kappa shape index (κ3) is 7.71. The van der Waals surface area contributed by atoms with Gasteiger partial charge in [0.1, 0.15) is 0 Å². The molecule has 3 heteroatoms. The average Bonchev–Trinajstić information content (AvgIpc) is 2.64. The molecule has 2 aromatic rings. The molecule has 24 heavy (non-hydrogen) atoms. The van der Waals surface area contributed by atoms with Gasteiger partial charge in [-0.2, -0.15) is 0 Å². The molecule has 0 radical (unpaired) electrons. The summed E-state index contributed by atoms with van der Waals surface area (Å²) in [6.45, 7) is 1.58. The summed E-state index contributed by atoms with van der Waals surface area (Å²) in [5.41, 5.74) is 2.12. The third-order valence-electron chi connectivity index (χ3n) is 4.18. The molecule has 0 saturated carbocycles. The smallest absolute Gasteiger partial charge is 0.0790 e. The van der Waals surface area contributed by atoms with Gasteiger partial charge >= 0.3 is 0 Å². The summed E-state index contributed by atoms with van der Waals surface area (Å²) < 4.78 is 5.66. The summed E-state index contributed by atoms with van der Waals surface area (Å²) in [6, 6.07) is 15.9. The quantitative estimate of drug-likeness (QED) is 0.574. The van der Waals surface area contributed by atoms with Crippen LogP contribution < -0.4 is 0 Å². The maximum Gasteiger partial charge on any atom is 0.0790 e. The van der Waals surface area contributed by atoms with Crippen molar-refractivity contribution >= 4 is 0 Å². The van der Waals surface area contributed by atoms with Crippen molar-refractivity contribution in [2.75, 3.05) is 13.2 Å². The third-order valence-corrected chi connectivity index (χ3v) is 4.18. The molecule has 1 N–H and O–H groups in total. The number of pyridine rings is 1. The number of benzene rings is 1. The highest BCUT2D eigenvalue weighted by Gasteiger charge is 2.05. The first-order valence-corrected chi connectivity index (χ1v) is 9.07. The molecule has 1 aromatic carbocycles. The highest BCUT2D eigenvalue weighted by molar-refractivity contribution is 5.16. The van der Waals surface area contributed by atoms with Crippen molar-refractivity contribution in [3.63, 3.8) is 0 Å². The van der Waals surface area contributed by atoms with Gasteiger partial charge in [0.05, 0.1) is 12.7 Å². The van der Waals surface area contributed by atoms with E-state index in [-0.39, 0.29) is 6.10 Å². The Morgan fingerprint density at radius 3 is 2.38 bits per heavy atom. The monoisotopic (exact) mass is 327 g/mol. The van der Waals surface area contributed by atoms with Crippen LogP contribution >= 0.6 is 0 Å². The lowest BCUT2D eigenvalue weighted by atomic mass is 10.0. The number of aromatic nitrogens is 1. The number of nitrogens with zero attached hydrogens (tertiary/aromatic N) is 1. The van der Waals surface area contributed by atoms with Gasteiger partial charge in [-0.1, -0.05) is 62.1 Å². The Morgan fingerprint density at radius 2 is 1.58 bits per heavy atom. The van der Waals surface area contributed by atoms with E-state index in [1.54, 1.807) is 0 Å². The normalized spacial score (nSPS) is 12.2. The van der Waals surface area contributed by atoms with Crippen LogP contribution in [0, 0.1) is 0 Å². The predicted molar refractivity (Wildman–Crippen MR) is 97.9 cm³/mol. The molecule has 1 aromatic heterocycles. The molecule has 2 rings (SSSR count). The minimum absolute atomic E-state index is 0.318. The molecule has 0 aliphatic carbocycles. The maximum absolute atomic E-state index is 10.1. The first-order chi connectivity index (χ1) is 11.9.